The molecular formula is C24H19BrN6O2S2. The fourth-order valence-electron chi connectivity index (χ4n) is 3.74. The molecule has 3 aromatic carbocycles. The van der Waals surface area contributed by atoms with Crippen molar-refractivity contribution in [2.24, 2.45) is 0 Å². The predicted octanol–water partition coefficient (Wildman–Crippen LogP) is 5.52. The molecule has 0 aliphatic heterocycles. The Morgan fingerprint density at radius 3 is 2.69 bits per heavy atom. The van der Waals surface area contributed by atoms with Crippen molar-refractivity contribution in [3.8, 4) is 16.3 Å². The molecule has 0 radical (unpaired) electrons. The fourth-order valence-corrected chi connectivity index (χ4v) is 5.57. The third-order valence-corrected chi connectivity index (χ3v) is 7.42. The second-order valence-corrected chi connectivity index (χ2v) is 9.94. The van der Waals surface area contributed by atoms with E-state index in [1.807, 2.05) is 56.3 Å². The van der Waals surface area contributed by atoms with E-state index in [0.29, 0.717) is 15.8 Å². The lowest BCUT2D eigenvalue weighted by molar-refractivity contribution is 0.0975. The lowest BCUT2D eigenvalue weighted by atomic mass is 10.1. The molecule has 0 fully saturated rings. The van der Waals surface area contributed by atoms with Gasteiger partial charge in [-0.15, -0.1) is 10.2 Å². The summed E-state index contributed by atoms with van der Waals surface area (Å²) in [4.78, 5) is 13.8. The SMILES string of the molecule is COc1c(C(=O)NC(=S)Nc2ccc(-c3nn4c(C)nnc4s3)cc2C)cc2ccccc2c1Br. The van der Waals surface area contributed by atoms with E-state index >= 15 is 0 Å². The van der Waals surface area contributed by atoms with Crippen LogP contribution in [0.3, 0.4) is 0 Å². The molecule has 0 bridgehead atoms. The molecule has 11 heteroatoms. The van der Waals surface area contributed by atoms with Crippen molar-refractivity contribution in [1.29, 1.82) is 0 Å². The highest BCUT2D eigenvalue weighted by atomic mass is 79.9. The number of benzene rings is 3. The van der Waals surface area contributed by atoms with Crippen LogP contribution in [0.25, 0.3) is 26.3 Å². The number of nitrogens with zero attached hydrogens (tertiary/aromatic N) is 4. The Bertz CT molecular complexity index is 1630. The number of aryl methyl sites for hydroxylation is 2. The molecule has 5 aromatic rings. The second-order valence-electron chi connectivity index (χ2n) is 7.78. The monoisotopic (exact) mass is 566 g/mol. The minimum absolute atomic E-state index is 0.187. The van der Waals surface area contributed by atoms with Gasteiger partial charge in [-0.2, -0.15) is 9.61 Å². The second kappa shape index (κ2) is 9.33. The van der Waals surface area contributed by atoms with Gasteiger partial charge in [-0.3, -0.25) is 10.1 Å². The predicted molar refractivity (Wildman–Crippen MR) is 145 cm³/mol. The van der Waals surface area contributed by atoms with E-state index in [-0.39, 0.29) is 11.0 Å². The number of hydrogen-bond donors (Lipinski definition) is 2. The van der Waals surface area contributed by atoms with Crippen molar-refractivity contribution in [3.63, 3.8) is 0 Å². The molecule has 2 aromatic heterocycles. The number of methoxy groups -OCH3 is 1. The third-order valence-electron chi connectivity index (χ3n) is 5.49. The Morgan fingerprint density at radius 1 is 1.14 bits per heavy atom. The Kier molecular flexibility index (Phi) is 6.22. The van der Waals surface area contributed by atoms with Gasteiger partial charge < -0.3 is 10.1 Å². The van der Waals surface area contributed by atoms with Crippen molar-refractivity contribution >= 4 is 71.9 Å². The molecule has 176 valence electrons. The third kappa shape index (κ3) is 4.38. The van der Waals surface area contributed by atoms with Crippen molar-refractivity contribution < 1.29 is 9.53 Å². The average molecular weight is 567 g/mol. The number of carbonyl (C=O) groups excluding carboxylic acids is 1. The number of rotatable bonds is 4. The number of anilines is 1. The smallest absolute Gasteiger partial charge is 0.261 e. The summed E-state index contributed by atoms with van der Waals surface area (Å²) in [6.07, 6.45) is 0. The van der Waals surface area contributed by atoms with E-state index in [1.54, 1.807) is 10.6 Å². The van der Waals surface area contributed by atoms with E-state index in [9.17, 15) is 4.79 Å². The molecule has 0 saturated heterocycles. The zero-order valence-corrected chi connectivity index (χ0v) is 22.1. The molecule has 2 N–H and O–H groups in total. The number of aromatic nitrogens is 4. The van der Waals surface area contributed by atoms with Gasteiger partial charge in [0, 0.05) is 11.3 Å². The van der Waals surface area contributed by atoms with E-state index < -0.39 is 0 Å². The highest BCUT2D eigenvalue weighted by Gasteiger charge is 2.19. The molecule has 2 heterocycles. The highest BCUT2D eigenvalue weighted by molar-refractivity contribution is 9.10. The minimum atomic E-state index is -0.366. The van der Waals surface area contributed by atoms with Gasteiger partial charge in [0.25, 0.3) is 5.91 Å². The standard InChI is InChI=1S/C24H19BrN6O2S2/c1-12-10-15(22-30-31-13(2)28-29-24(31)35-22)8-9-18(12)26-23(34)27-21(32)17-11-14-6-4-5-7-16(14)19(25)20(17)33-3/h4-11H,1-3H3,(H2,26,27,32,34). The topological polar surface area (TPSA) is 93.4 Å². The van der Waals surface area contributed by atoms with Gasteiger partial charge >= 0.3 is 0 Å². The molecule has 0 saturated carbocycles. The van der Waals surface area contributed by atoms with Crippen LogP contribution in [0.1, 0.15) is 21.7 Å². The minimum Gasteiger partial charge on any atom is -0.495 e. The molecule has 0 aliphatic rings. The van der Waals surface area contributed by atoms with E-state index in [1.165, 1.54) is 18.4 Å². The van der Waals surface area contributed by atoms with Crippen molar-refractivity contribution in [2.45, 2.75) is 13.8 Å². The van der Waals surface area contributed by atoms with E-state index in [4.69, 9.17) is 17.0 Å². The van der Waals surface area contributed by atoms with Crippen molar-refractivity contribution in [1.82, 2.24) is 25.1 Å². The van der Waals surface area contributed by atoms with Gasteiger partial charge in [-0.05, 0) is 82.6 Å². The first-order chi connectivity index (χ1) is 16.9. The number of hydrogen-bond acceptors (Lipinski definition) is 7. The number of fused-ring (bicyclic) bond motifs is 2. The maximum atomic E-state index is 13.1. The van der Waals surface area contributed by atoms with Crippen LogP contribution in [0.5, 0.6) is 5.75 Å². The summed E-state index contributed by atoms with van der Waals surface area (Å²) in [6, 6.07) is 15.4. The molecule has 35 heavy (non-hydrogen) atoms. The Balaban J connectivity index is 1.34. The molecular weight excluding hydrogens is 548 g/mol. The van der Waals surface area contributed by atoms with Gasteiger partial charge in [0.2, 0.25) is 4.96 Å². The number of halogens is 1. The Hall–Kier alpha value is -3.41. The van der Waals surface area contributed by atoms with Crippen LogP contribution in [0.4, 0.5) is 5.69 Å². The Morgan fingerprint density at radius 2 is 1.94 bits per heavy atom. The summed E-state index contributed by atoms with van der Waals surface area (Å²) >= 11 is 10.5. The van der Waals surface area contributed by atoms with Crippen LogP contribution in [-0.4, -0.2) is 37.9 Å². The summed E-state index contributed by atoms with van der Waals surface area (Å²) in [6.45, 7) is 3.83. The maximum Gasteiger partial charge on any atom is 0.261 e. The summed E-state index contributed by atoms with van der Waals surface area (Å²) in [7, 11) is 1.53. The van der Waals surface area contributed by atoms with Crippen molar-refractivity contribution in [2.75, 3.05) is 12.4 Å². The van der Waals surface area contributed by atoms with Crippen LogP contribution in [0, 0.1) is 13.8 Å². The molecule has 0 spiro atoms. The zero-order chi connectivity index (χ0) is 24.7. The highest BCUT2D eigenvalue weighted by Crippen LogP contribution is 2.36. The summed E-state index contributed by atoms with van der Waals surface area (Å²) in [5.74, 6) is 0.827. The van der Waals surface area contributed by atoms with Crippen molar-refractivity contribution in [3.05, 3.63) is 70.0 Å². The van der Waals surface area contributed by atoms with Crippen LogP contribution in [0.15, 0.2) is 53.0 Å². The molecule has 0 aliphatic carbocycles. The first kappa shape index (κ1) is 23.3. The Labute approximate surface area is 218 Å². The summed E-state index contributed by atoms with van der Waals surface area (Å²) < 4.78 is 7.96. The average Bonchev–Trinajstić information content (AvgIpc) is 3.42. The number of ether oxygens (including phenoxy) is 1. The lowest BCUT2D eigenvalue weighted by Gasteiger charge is -2.15. The number of carbonyl (C=O) groups is 1. The quantitative estimate of drug-likeness (QED) is 0.276. The van der Waals surface area contributed by atoms with Crippen LogP contribution in [-0.2, 0) is 0 Å². The maximum absolute atomic E-state index is 13.1. The van der Waals surface area contributed by atoms with Gasteiger partial charge in [0.05, 0.1) is 17.1 Å². The van der Waals surface area contributed by atoms with Gasteiger partial charge in [0.1, 0.15) is 10.8 Å². The van der Waals surface area contributed by atoms with E-state index in [0.717, 1.165) is 43.4 Å². The first-order valence-electron chi connectivity index (χ1n) is 10.5. The van der Waals surface area contributed by atoms with Crippen LogP contribution < -0.4 is 15.4 Å². The first-order valence-corrected chi connectivity index (χ1v) is 12.5. The zero-order valence-electron chi connectivity index (χ0n) is 18.9. The fraction of sp³-hybridized carbons (Fsp3) is 0.125. The molecule has 1 amide bonds. The molecule has 8 nitrogen and oxygen atoms in total. The number of nitrogens with one attached hydrogen (secondary N) is 2. The van der Waals surface area contributed by atoms with Crippen LogP contribution >= 0.6 is 39.5 Å². The van der Waals surface area contributed by atoms with Crippen LogP contribution in [0.2, 0.25) is 0 Å². The largest absolute Gasteiger partial charge is 0.495 e. The normalized spacial score (nSPS) is 11.1. The molecule has 0 atom stereocenters. The number of thiocarbonyl (C=S) groups is 1. The molecule has 5 rings (SSSR count). The van der Waals surface area contributed by atoms with Gasteiger partial charge in [-0.25, -0.2) is 0 Å². The van der Waals surface area contributed by atoms with Gasteiger partial charge in [-0.1, -0.05) is 35.6 Å². The summed E-state index contributed by atoms with van der Waals surface area (Å²) in [5.41, 5.74) is 3.08. The van der Waals surface area contributed by atoms with E-state index in [2.05, 4.69) is 41.9 Å². The lowest BCUT2D eigenvalue weighted by Crippen LogP contribution is -2.34. The molecule has 0 unspecified atom stereocenters. The summed E-state index contributed by atoms with van der Waals surface area (Å²) in [5, 5.41) is 21.5. The number of amides is 1. The van der Waals surface area contributed by atoms with Gasteiger partial charge in [0.15, 0.2) is 10.9 Å².